The molecule has 0 fully saturated rings. The quantitative estimate of drug-likeness (QED) is 0.252. The van der Waals surface area contributed by atoms with Gasteiger partial charge in [0.05, 0.1) is 0 Å². The van der Waals surface area contributed by atoms with Crippen molar-refractivity contribution in [3.8, 4) is 0 Å². The van der Waals surface area contributed by atoms with Gasteiger partial charge in [-0.05, 0) is 37.8 Å². The molecule has 0 aliphatic rings. The van der Waals surface area contributed by atoms with Crippen molar-refractivity contribution in [1.29, 1.82) is 0 Å². The molecule has 0 radical (unpaired) electrons. The van der Waals surface area contributed by atoms with Crippen LogP contribution in [0.1, 0.15) is 88.1 Å². The van der Waals surface area contributed by atoms with Crippen molar-refractivity contribution in [2.45, 2.75) is 91.4 Å². The fourth-order valence-corrected chi connectivity index (χ4v) is 2.27. The Morgan fingerprint density at radius 3 is 1.59 bits per heavy atom. The van der Waals surface area contributed by atoms with E-state index in [9.17, 15) is 19.2 Å². The third-order valence-corrected chi connectivity index (χ3v) is 4.23. The topological polar surface area (TPSA) is 136 Å². The summed E-state index contributed by atoms with van der Waals surface area (Å²) in [5, 5.41) is 17.1. The average Bonchev–Trinajstić information content (AvgIpc) is 2.93. The molecule has 0 aromatic heterocycles. The first kappa shape index (κ1) is 23.2. The van der Waals surface area contributed by atoms with Crippen LogP contribution in [0.5, 0.6) is 0 Å². The van der Waals surface area contributed by atoms with Gasteiger partial charge >= 0.3 is 23.9 Å². The number of esters is 3. The van der Waals surface area contributed by atoms with Crippen molar-refractivity contribution in [2.24, 2.45) is 0 Å². The lowest BCUT2D eigenvalue weighted by Crippen LogP contribution is -2.26. The van der Waals surface area contributed by atoms with Gasteiger partial charge in [0.25, 0.3) is 0 Å². The lowest BCUT2D eigenvalue weighted by molar-refractivity contribution is -0.167. The molecule has 0 heterocycles. The van der Waals surface area contributed by atoms with Gasteiger partial charge in [-0.3, -0.25) is 9.59 Å². The number of carboxylic acids is 1. The molecule has 2 aromatic rings. The summed E-state index contributed by atoms with van der Waals surface area (Å²) in [6.07, 6.45) is -12.3. The van der Waals surface area contributed by atoms with Crippen LogP contribution in [0.15, 0.2) is 60.7 Å². The predicted molar refractivity (Wildman–Crippen MR) is 146 cm³/mol. The maximum atomic E-state index is 11.8. The maximum absolute atomic E-state index is 11.8. The molecule has 1 unspecified atom stereocenters. The van der Waals surface area contributed by atoms with E-state index in [2.05, 4.69) is 0 Å². The third kappa shape index (κ3) is 20.0. The molecule has 0 bridgehead atoms. The molecule has 0 aliphatic heterocycles. The molecule has 0 amide bonds. The number of aliphatic hydroxyl groups is 1. The molecule has 0 aliphatic carbocycles. The second kappa shape index (κ2) is 22.3. The van der Waals surface area contributed by atoms with Gasteiger partial charge in [-0.25, -0.2) is 9.59 Å². The molecule has 2 aromatic carbocycles. The van der Waals surface area contributed by atoms with Crippen LogP contribution in [0, 0.1) is 0 Å². The highest BCUT2D eigenvalue weighted by molar-refractivity contribution is 5.79. The molecular formula is C30H42O9. The average molecular weight is 555 g/mol. The maximum Gasteiger partial charge on any atom is 0.347 e. The minimum atomic E-state index is -2.52. The number of ether oxygens (including phenoxy) is 3. The molecule has 216 valence electrons. The van der Waals surface area contributed by atoms with E-state index >= 15 is 0 Å². The first-order chi connectivity index (χ1) is 21.4. The molecule has 2 N–H and O–H groups in total. The minimum Gasteiger partial charge on any atom is -0.481 e. The Hall–Kier alpha value is -3.72. The van der Waals surface area contributed by atoms with Gasteiger partial charge in [-0.15, -0.1) is 0 Å². The van der Waals surface area contributed by atoms with Gasteiger partial charge in [-0.2, -0.15) is 0 Å². The number of aliphatic hydroxyl groups excluding tert-OH is 1. The largest absolute Gasteiger partial charge is 0.481 e. The van der Waals surface area contributed by atoms with Crippen molar-refractivity contribution < 1.29 is 54.6 Å². The number of benzene rings is 2. The normalized spacial score (nSPS) is 15.8. The van der Waals surface area contributed by atoms with Crippen LogP contribution in [-0.2, 0) is 46.6 Å². The Morgan fingerprint density at radius 1 is 0.769 bits per heavy atom. The van der Waals surface area contributed by atoms with E-state index in [4.69, 9.17) is 35.4 Å². The number of rotatable bonds is 13. The van der Waals surface area contributed by atoms with Crippen LogP contribution in [0.2, 0.25) is 0 Å². The monoisotopic (exact) mass is 554 g/mol. The van der Waals surface area contributed by atoms with E-state index < -0.39 is 74.4 Å². The van der Waals surface area contributed by atoms with Crippen molar-refractivity contribution in [2.75, 3.05) is 0 Å². The van der Waals surface area contributed by atoms with Gasteiger partial charge in [0.1, 0.15) is 19.3 Å². The second-order valence-corrected chi connectivity index (χ2v) is 7.63. The second-order valence-electron chi connectivity index (χ2n) is 7.63. The fraction of sp³-hybridized carbons (Fsp3) is 0.467. The molecular weight excluding hydrogens is 504 g/mol. The van der Waals surface area contributed by atoms with E-state index in [-0.39, 0.29) is 13.2 Å². The van der Waals surface area contributed by atoms with Crippen LogP contribution in [0.3, 0.4) is 0 Å². The summed E-state index contributed by atoms with van der Waals surface area (Å²) in [6.45, 7) is 5.20. The van der Waals surface area contributed by atoms with E-state index in [0.29, 0.717) is 0 Å². The number of hydrogen-bond donors (Lipinski definition) is 2. The summed E-state index contributed by atoms with van der Waals surface area (Å²) in [6, 6.07) is 18.3. The van der Waals surface area contributed by atoms with Crippen LogP contribution in [0.4, 0.5) is 0 Å². The van der Waals surface area contributed by atoms with Crippen molar-refractivity contribution in [1.82, 2.24) is 0 Å². The molecule has 0 saturated carbocycles. The lowest BCUT2D eigenvalue weighted by Gasteiger charge is -2.12. The summed E-state index contributed by atoms with van der Waals surface area (Å²) in [4.78, 5) is 44.5. The molecule has 0 spiro atoms. The zero-order valence-electron chi connectivity index (χ0n) is 30.5. The molecule has 0 saturated heterocycles. The minimum absolute atomic E-state index is 0.0198. The predicted octanol–water partition coefficient (Wildman–Crippen LogP) is 5.22. The first-order valence-corrected chi connectivity index (χ1v) is 11.9. The van der Waals surface area contributed by atoms with Crippen molar-refractivity contribution in [3.05, 3.63) is 71.8 Å². The van der Waals surface area contributed by atoms with E-state index in [1.54, 1.807) is 24.3 Å². The highest BCUT2D eigenvalue weighted by atomic mass is 16.6. The van der Waals surface area contributed by atoms with E-state index in [1.807, 2.05) is 36.4 Å². The lowest BCUT2D eigenvalue weighted by atomic mass is 10.2. The summed E-state index contributed by atoms with van der Waals surface area (Å²) < 4.78 is 72.0. The van der Waals surface area contributed by atoms with Crippen molar-refractivity contribution in [3.63, 3.8) is 0 Å². The Kier molecular flexibility index (Phi) is 13.2. The first-order valence-electron chi connectivity index (χ1n) is 15.9. The van der Waals surface area contributed by atoms with Crippen molar-refractivity contribution >= 4 is 23.9 Å². The zero-order chi connectivity index (χ0) is 36.6. The SMILES string of the molecule is CC(O)C(=O)OCc1ccccc1.[2H]C([2H])(C)CC([2H])([2H])C(=O)O.[2H]C([2H])(C)CC([2H])([2H])C(=O)O[C@@H](C)C(=O)OCc1ccccc1. The van der Waals surface area contributed by atoms with Gasteiger partial charge in [-0.1, -0.05) is 87.3 Å². The Bertz CT molecular complexity index is 1260. The summed E-state index contributed by atoms with van der Waals surface area (Å²) in [7, 11) is 0. The van der Waals surface area contributed by atoms with Crippen LogP contribution in [0.25, 0.3) is 0 Å². The van der Waals surface area contributed by atoms with E-state index in [1.165, 1.54) is 13.8 Å². The highest BCUT2D eigenvalue weighted by Gasteiger charge is 2.18. The molecule has 9 heteroatoms. The molecule has 9 nitrogen and oxygen atoms in total. The number of carboxylic acid groups (broad SMARTS) is 1. The van der Waals surface area contributed by atoms with Gasteiger partial charge in [0, 0.05) is 23.7 Å². The summed E-state index contributed by atoms with van der Waals surface area (Å²) >= 11 is 0. The zero-order valence-corrected chi connectivity index (χ0v) is 22.5. The van der Waals surface area contributed by atoms with Gasteiger partial charge in [0.2, 0.25) is 0 Å². The molecule has 2 rings (SSSR count). The number of carbonyl (C=O) groups excluding carboxylic acids is 3. The smallest absolute Gasteiger partial charge is 0.347 e. The van der Waals surface area contributed by atoms with Crippen LogP contribution < -0.4 is 0 Å². The number of aliphatic carboxylic acids is 1. The summed E-state index contributed by atoms with van der Waals surface area (Å²) in [5.74, 6) is -4.29. The molecule has 2 atom stereocenters. The highest BCUT2D eigenvalue weighted by Crippen LogP contribution is 2.05. The molecule has 39 heavy (non-hydrogen) atoms. The Balaban J connectivity index is 0.000000744. The third-order valence-electron chi connectivity index (χ3n) is 4.23. The standard InChI is InChI=1S/C15H20O4.C10H12O3.C5H10O2/c1-3-4-10-14(16)19-12(2)15(17)18-11-13-8-6-5-7-9-13;1-8(11)10(12)13-7-9-5-3-2-4-6-9;1-2-3-4-5(6)7/h5-9,12H,3-4,10-11H2,1-2H3;2-6,8,11H,7H2,1H3;2-4H2,1H3,(H,6,7)/t12-;;/m0../s1/i3D2,10D2;;2D2,4D2. The van der Waals surface area contributed by atoms with Crippen LogP contribution in [-0.4, -0.2) is 46.3 Å². The van der Waals surface area contributed by atoms with Gasteiger partial charge in [0.15, 0.2) is 6.10 Å². The fourth-order valence-electron chi connectivity index (χ4n) is 2.27. The summed E-state index contributed by atoms with van der Waals surface area (Å²) in [5.41, 5.74) is 1.69. The van der Waals surface area contributed by atoms with Crippen LogP contribution >= 0.6 is 0 Å². The van der Waals surface area contributed by atoms with Gasteiger partial charge < -0.3 is 24.4 Å². The number of carbonyl (C=O) groups is 4. The Morgan fingerprint density at radius 2 is 1.21 bits per heavy atom. The van der Waals surface area contributed by atoms with E-state index in [0.717, 1.165) is 25.0 Å². The number of hydrogen-bond acceptors (Lipinski definition) is 8. The Labute approximate surface area is 242 Å².